The summed E-state index contributed by atoms with van der Waals surface area (Å²) >= 11 is 0. The Balaban J connectivity index is 1.41. The van der Waals surface area contributed by atoms with Gasteiger partial charge in [-0.1, -0.05) is 73.7 Å². The second-order valence-electron chi connectivity index (χ2n) is 9.90. The molecule has 2 heterocycles. The Labute approximate surface area is 219 Å². The van der Waals surface area contributed by atoms with Crippen LogP contribution in [0.2, 0.25) is 0 Å². The molecule has 6 nitrogen and oxygen atoms in total. The van der Waals surface area contributed by atoms with E-state index in [1.807, 2.05) is 83.5 Å². The van der Waals surface area contributed by atoms with Gasteiger partial charge in [-0.15, -0.1) is 0 Å². The number of nitrogens with zero attached hydrogens (tertiary/aromatic N) is 3. The van der Waals surface area contributed by atoms with Gasteiger partial charge in [0.2, 0.25) is 5.91 Å². The molecule has 3 aromatic rings. The third kappa shape index (κ3) is 5.31. The van der Waals surface area contributed by atoms with Crippen LogP contribution in [-0.2, 0) is 20.9 Å². The lowest BCUT2D eigenvalue weighted by molar-refractivity contribution is -0.136. The van der Waals surface area contributed by atoms with Crippen LogP contribution >= 0.6 is 0 Å². The Morgan fingerprint density at radius 2 is 1.62 bits per heavy atom. The van der Waals surface area contributed by atoms with Gasteiger partial charge in [-0.3, -0.25) is 14.5 Å². The predicted molar refractivity (Wildman–Crippen MR) is 146 cm³/mol. The molecule has 1 fully saturated rings. The first-order valence-electron chi connectivity index (χ1n) is 13.2. The molecule has 0 radical (unpaired) electrons. The van der Waals surface area contributed by atoms with E-state index in [1.54, 1.807) is 0 Å². The van der Waals surface area contributed by atoms with E-state index < -0.39 is 6.10 Å². The molecule has 3 atom stereocenters. The summed E-state index contributed by atoms with van der Waals surface area (Å²) < 4.78 is 6.03. The lowest BCUT2D eigenvalue weighted by Gasteiger charge is -2.45. The van der Waals surface area contributed by atoms with Gasteiger partial charge < -0.3 is 14.5 Å². The largest absolute Gasteiger partial charge is 0.366 e. The van der Waals surface area contributed by atoms with Gasteiger partial charge in [-0.05, 0) is 42.7 Å². The van der Waals surface area contributed by atoms with Crippen LogP contribution in [0, 0.1) is 0 Å². The highest BCUT2D eigenvalue weighted by atomic mass is 16.5. The maximum atomic E-state index is 14.0. The molecule has 0 aromatic heterocycles. The number of carbonyl (C=O) groups excluding carboxylic acids is 2. The number of amides is 2. The minimum absolute atomic E-state index is 0.00996. The van der Waals surface area contributed by atoms with Crippen molar-refractivity contribution in [1.29, 1.82) is 0 Å². The normalized spacial score (nSPS) is 21.8. The van der Waals surface area contributed by atoms with Crippen LogP contribution in [0.4, 0.5) is 11.4 Å². The molecule has 2 amide bonds. The minimum atomic E-state index is -0.521. The highest BCUT2D eigenvalue weighted by molar-refractivity contribution is 6.00. The molecule has 3 aromatic carbocycles. The number of morpholine rings is 1. The molecular formula is C31H35N3O3. The van der Waals surface area contributed by atoms with E-state index in [1.165, 1.54) is 5.56 Å². The van der Waals surface area contributed by atoms with Gasteiger partial charge in [-0.2, -0.15) is 0 Å². The number of fused-ring (bicyclic) bond motifs is 1. The van der Waals surface area contributed by atoms with Crippen molar-refractivity contribution in [2.24, 2.45) is 0 Å². The van der Waals surface area contributed by atoms with Gasteiger partial charge in [0, 0.05) is 43.5 Å². The van der Waals surface area contributed by atoms with Crippen LogP contribution in [-0.4, -0.2) is 48.6 Å². The van der Waals surface area contributed by atoms with Crippen molar-refractivity contribution in [3.8, 4) is 0 Å². The van der Waals surface area contributed by atoms with Crippen LogP contribution in [0.1, 0.15) is 43.9 Å². The SMILES string of the molecule is CCC(=O)N(c1ccccc1)[C@@H]1C[C@H](C)N(C(=O)C2CN(Cc3ccccc3)CCO2)c2ccccc21. The zero-order valence-corrected chi connectivity index (χ0v) is 21.6. The standard InChI is InChI=1S/C31H35N3O3/c1-3-30(35)34(25-14-8-5-9-15-25)28-20-23(2)33(27-17-11-10-16-26(27)28)31(36)29-22-32(18-19-37-29)21-24-12-6-4-7-13-24/h4-17,23,28-29H,3,18-22H2,1-2H3/t23-,28+,29?/m0/s1. The van der Waals surface area contributed by atoms with Crippen molar-refractivity contribution in [1.82, 2.24) is 4.90 Å². The lowest BCUT2D eigenvalue weighted by Crippen LogP contribution is -2.55. The molecule has 1 unspecified atom stereocenters. The number of para-hydroxylation sites is 2. The molecule has 192 valence electrons. The molecule has 2 aliphatic heterocycles. The maximum Gasteiger partial charge on any atom is 0.257 e. The van der Waals surface area contributed by atoms with Gasteiger partial charge in [0.05, 0.1) is 12.6 Å². The van der Waals surface area contributed by atoms with Crippen molar-refractivity contribution in [2.45, 2.75) is 51.4 Å². The van der Waals surface area contributed by atoms with E-state index in [4.69, 9.17) is 4.74 Å². The quantitative estimate of drug-likeness (QED) is 0.470. The average Bonchev–Trinajstić information content (AvgIpc) is 2.94. The summed E-state index contributed by atoms with van der Waals surface area (Å²) in [5.41, 5.74) is 3.98. The van der Waals surface area contributed by atoms with E-state index in [-0.39, 0.29) is 23.9 Å². The van der Waals surface area contributed by atoms with Crippen LogP contribution in [0.25, 0.3) is 0 Å². The molecule has 6 heteroatoms. The van der Waals surface area contributed by atoms with E-state index in [0.29, 0.717) is 26.0 Å². The second-order valence-corrected chi connectivity index (χ2v) is 9.90. The van der Waals surface area contributed by atoms with Crippen LogP contribution < -0.4 is 9.80 Å². The van der Waals surface area contributed by atoms with Crippen molar-refractivity contribution in [3.05, 3.63) is 96.1 Å². The molecule has 0 N–H and O–H groups in total. The van der Waals surface area contributed by atoms with Gasteiger partial charge in [0.15, 0.2) is 0 Å². The fourth-order valence-electron chi connectivity index (χ4n) is 5.61. The summed E-state index contributed by atoms with van der Waals surface area (Å²) in [6, 6.07) is 28.0. The molecule has 1 saturated heterocycles. The molecule has 0 spiro atoms. The molecule has 2 aliphatic rings. The van der Waals surface area contributed by atoms with Gasteiger partial charge in [0.1, 0.15) is 6.10 Å². The minimum Gasteiger partial charge on any atom is -0.366 e. The van der Waals surface area contributed by atoms with Crippen LogP contribution in [0.3, 0.4) is 0 Å². The van der Waals surface area contributed by atoms with Crippen molar-refractivity contribution in [3.63, 3.8) is 0 Å². The molecule has 37 heavy (non-hydrogen) atoms. The van der Waals surface area contributed by atoms with E-state index in [9.17, 15) is 9.59 Å². The lowest BCUT2D eigenvalue weighted by atomic mass is 9.89. The third-order valence-electron chi connectivity index (χ3n) is 7.39. The van der Waals surface area contributed by atoms with Gasteiger partial charge >= 0.3 is 0 Å². The fraction of sp³-hybridized carbons (Fsp3) is 0.355. The Hall–Kier alpha value is -3.48. The summed E-state index contributed by atoms with van der Waals surface area (Å²) in [6.07, 6.45) is 0.550. The number of hydrogen-bond acceptors (Lipinski definition) is 4. The van der Waals surface area contributed by atoms with Gasteiger partial charge in [-0.25, -0.2) is 0 Å². The average molecular weight is 498 g/mol. The predicted octanol–water partition coefficient (Wildman–Crippen LogP) is 5.20. The van der Waals surface area contributed by atoms with E-state index in [2.05, 4.69) is 30.0 Å². The number of anilines is 2. The summed E-state index contributed by atoms with van der Waals surface area (Å²) in [5, 5.41) is 0. The molecule has 5 rings (SSSR count). The first-order valence-corrected chi connectivity index (χ1v) is 13.2. The van der Waals surface area contributed by atoms with Crippen molar-refractivity contribution < 1.29 is 14.3 Å². The maximum absolute atomic E-state index is 14.0. The summed E-state index contributed by atoms with van der Waals surface area (Å²) in [5.74, 6) is 0.0642. The summed E-state index contributed by atoms with van der Waals surface area (Å²) in [6.45, 7) is 6.67. The van der Waals surface area contributed by atoms with Crippen molar-refractivity contribution in [2.75, 3.05) is 29.5 Å². The Bertz CT molecular complexity index is 1220. The summed E-state index contributed by atoms with van der Waals surface area (Å²) in [7, 11) is 0. The number of benzene rings is 3. The molecule has 0 saturated carbocycles. The monoisotopic (exact) mass is 497 g/mol. The molecule has 0 aliphatic carbocycles. The highest BCUT2D eigenvalue weighted by Gasteiger charge is 2.41. The number of ether oxygens (including phenoxy) is 1. The second kappa shape index (κ2) is 11.3. The van der Waals surface area contributed by atoms with Crippen LogP contribution in [0.5, 0.6) is 0 Å². The zero-order chi connectivity index (χ0) is 25.8. The Kier molecular flexibility index (Phi) is 7.68. The molecule has 0 bridgehead atoms. The van der Waals surface area contributed by atoms with Crippen molar-refractivity contribution >= 4 is 23.2 Å². The third-order valence-corrected chi connectivity index (χ3v) is 7.39. The van der Waals surface area contributed by atoms with Gasteiger partial charge in [0.25, 0.3) is 5.91 Å². The first-order chi connectivity index (χ1) is 18.1. The number of rotatable bonds is 6. The highest BCUT2D eigenvalue weighted by Crippen LogP contribution is 2.42. The molecular weight excluding hydrogens is 462 g/mol. The van der Waals surface area contributed by atoms with Crippen LogP contribution in [0.15, 0.2) is 84.9 Å². The smallest absolute Gasteiger partial charge is 0.257 e. The zero-order valence-electron chi connectivity index (χ0n) is 21.6. The first kappa shape index (κ1) is 25.2. The summed E-state index contributed by atoms with van der Waals surface area (Å²) in [4.78, 5) is 33.3. The number of hydrogen-bond donors (Lipinski definition) is 0. The van der Waals surface area contributed by atoms with E-state index in [0.717, 1.165) is 30.0 Å². The topological polar surface area (TPSA) is 53.1 Å². The Morgan fingerprint density at radius 3 is 2.35 bits per heavy atom. The number of carbonyl (C=O) groups is 2. The Morgan fingerprint density at radius 1 is 0.946 bits per heavy atom. The fourth-order valence-corrected chi connectivity index (χ4v) is 5.61. The van der Waals surface area contributed by atoms with E-state index >= 15 is 0 Å².